The first-order valence-electron chi connectivity index (χ1n) is 5.62. The van der Waals surface area contributed by atoms with Gasteiger partial charge in [0, 0.05) is 39.1 Å². The Morgan fingerprint density at radius 1 is 1.35 bits per heavy atom. The summed E-state index contributed by atoms with van der Waals surface area (Å²) < 4.78 is 3.26. The predicted molar refractivity (Wildman–Crippen MR) is 61.8 cm³/mol. The molecule has 17 heavy (non-hydrogen) atoms. The first kappa shape index (κ1) is 10.4. The maximum Gasteiger partial charge on any atom is 0.295 e. The van der Waals surface area contributed by atoms with Crippen LogP contribution in [0.4, 0.5) is 0 Å². The smallest absolute Gasteiger partial charge is 0.295 e. The van der Waals surface area contributed by atoms with E-state index in [1.807, 2.05) is 6.20 Å². The molecule has 2 aromatic rings. The van der Waals surface area contributed by atoms with E-state index in [0.29, 0.717) is 5.65 Å². The molecule has 3 heterocycles. The Kier molecular flexibility index (Phi) is 2.41. The summed E-state index contributed by atoms with van der Waals surface area (Å²) in [5, 5.41) is 14.7. The highest BCUT2D eigenvalue weighted by molar-refractivity contribution is 5.35. The molecule has 2 N–H and O–H groups in total. The molecule has 1 unspecified atom stereocenters. The number of hydrogen-bond donors (Lipinski definition) is 2. The van der Waals surface area contributed by atoms with Crippen LogP contribution >= 0.6 is 0 Å². The molecule has 1 saturated heterocycles. The van der Waals surface area contributed by atoms with Crippen molar-refractivity contribution in [1.82, 2.24) is 29.8 Å². The number of fused-ring (bicyclic) bond motifs is 1. The van der Waals surface area contributed by atoms with Gasteiger partial charge in [-0.25, -0.2) is 0 Å². The Bertz CT molecular complexity index is 594. The van der Waals surface area contributed by atoms with Gasteiger partial charge < -0.3 is 15.2 Å². The second kappa shape index (κ2) is 3.94. The molecular weight excluding hydrogens is 220 g/mol. The summed E-state index contributed by atoms with van der Waals surface area (Å²) in [6.45, 7) is 2.65. The minimum atomic E-state index is -0.130. The van der Waals surface area contributed by atoms with E-state index in [2.05, 4.69) is 20.8 Å². The summed E-state index contributed by atoms with van der Waals surface area (Å²) in [4.78, 5) is 11.8. The van der Waals surface area contributed by atoms with Crippen molar-refractivity contribution in [3.63, 3.8) is 0 Å². The van der Waals surface area contributed by atoms with Crippen molar-refractivity contribution in [2.75, 3.05) is 19.6 Å². The van der Waals surface area contributed by atoms with Gasteiger partial charge in [0.25, 0.3) is 5.56 Å². The van der Waals surface area contributed by atoms with E-state index in [4.69, 9.17) is 0 Å². The van der Waals surface area contributed by atoms with Crippen molar-refractivity contribution >= 4 is 5.65 Å². The van der Waals surface area contributed by atoms with Crippen LogP contribution in [0.3, 0.4) is 0 Å². The fourth-order valence-electron chi connectivity index (χ4n) is 2.06. The molecule has 0 saturated carbocycles. The van der Waals surface area contributed by atoms with E-state index < -0.39 is 0 Å². The van der Waals surface area contributed by atoms with Gasteiger partial charge in [-0.1, -0.05) is 0 Å². The Balaban J connectivity index is 2.12. The van der Waals surface area contributed by atoms with Gasteiger partial charge >= 0.3 is 0 Å². The van der Waals surface area contributed by atoms with Crippen LogP contribution in [0.1, 0.15) is 11.9 Å². The number of rotatable bonds is 1. The van der Waals surface area contributed by atoms with Crippen molar-refractivity contribution in [2.24, 2.45) is 7.05 Å². The molecular formula is C10H14N6O. The van der Waals surface area contributed by atoms with Crippen LogP contribution < -0.4 is 16.2 Å². The Morgan fingerprint density at radius 2 is 2.24 bits per heavy atom. The normalized spacial score (nSPS) is 20.9. The van der Waals surface area contributed by atoms with E-state index in [0.717, 1.165) is 25.5 Å². The highest BCUT2D eigenvalue weighted by Crippen LogP contribution is 2.11. The van der Waals surface area contributed by atoms with Gasteiger partial charge in [0.05, 0.1) is 6.04 Å². The number of aromatic nitrogens is 4. The van der Waals surface area contributed by atoms with Gasteiger partial charge in [0.2, 0.25) is 5.65 Å². The number of hydrogen-bond acceptors (Lipinski definition) is 5. The summed E-state index contributed by atoms with van der Waals surface area (Å²) in [6.07, 6.45) is 3.54. The lowest BCUT2D eigenvalue weighted by Gasteiger charge is -2.22. The minimum absolute atomic E-state index is 0.103. The van der Waals surface area contributed by atoms with Gasteiger partial charge in [0.15, 0.2) is 5.82 Å². The van der Waals surface area contributed by atoms with Crippen LogP contribution in [0.25, 0.3) is 5.65 Å². The Labute approximate surface area is 97.5 Å². The first-order chi connectivity index (χ1) is 8.27. The molecule has 1 atom stereocenters. The van der Waals surface area contributed by atoms with Crippen molar-refractivity contribution < 1.29 is 0 Å². The lowest BCUT2D eigenvalue weighted by atomic mass is 10.2. The van der Waals surface area contributed by atoms with Crippen LogP contribution in [0.2, 0.25) is 0 Å². The van der Waals surface area contributed by atoms with Crippen molar-refractivity contribution in [1.29, 1.82) is 0 Å². The SMILES string of the molecule is Cn1ccn2c(C3CNCCN3)nnc2c1=O. The van der Waals surface area contributed by atoms with Crippen LogP contribution in [-0.2, 0) is 7.05 Å². The van der Waals surface area contributed by atoms with E-state index in [1.54, 1.807) is 17.6 Å². The lowest BCUT2D eigenvalue weighted by molar-refractivity contribution is 0.412. The van der Waals surface area contributed by atoms with Gasteiger partial charge in [-0.2, -0.15) is 0 Å². The molecule has 7 nitrogen and oxygen atoms in total. The first-order valence-corrected chi connectivity index (χ1v) is 5.62. The lowest BCUT2D eigenvalue weighted by Crippen LogP contribution is -2.43. The fraction of sp³-hybridized carbons (Fsp3) is 0.500. The summed E-state index contributed by atoms with van der Waals surface area (Å²) >= 11 is 0. The van der Waals surface area contributed by atoms with Gasteiger partial charge in [-0.3, -0.25) is 9.20 Å². The van der Waals surface area contributed by atoms with Gasteiger partial charge in [-0.05, 0) is 0 Å². The Hall–Kier alpha value is -1.73. The zero-order valence-electron chi connectivity index (χ0n) is 9.55. The molecule has 0 aliphatic carbocycles. The molecule has 0 aromatic carbocycles. The monoisotopic (exact) mass is 234 g/mol. The zero-order chi connectivity index (χ0) is 11.8. The summed E-state index contributed by atoms with van der Waals surface area (Å²) in [7, 11) is 1.71. The largest absolute Gasteiger partial charge is 0.314 e. The zero-order valence-corrected chi connectivity index (χ0v) is 9.55. The highest BCUT2D eigenvalue weighted by Gasteiger charge is 2.20. The Morgan fingerprint density at radius 3 is 3.00 bits per heavy atom. The van der Waals surface area contributed by atoms with Crippen LogP contribution in [-0.4, -0.2) is 38.8 Å². The highest BCUT2D eigenvalue weighted by atomic mass is 16.1. The second-order valence-corrected chi connectivity index (χ2v) is 4.18. The van der Waals surface area contributed by atoms with E-state index in [-0.39, 0.29) is 11.6 Å². The van der Waals surface area contributed by atoms with Gasteiger partial charge in [-0.15, -0.1) is 10.2 Å². The third-order valence-corrected chi connectivity index (χ3v) is 3.03. The van der Waals surface area contributed by atoms with E-state index in [9.17, 15) is 4.79 Å². The standard InChI is InChI=1S/C10H14N6O/c1-15-4-5-16-8(7-6-11-2-3-12-7)13-14-9(16)10(15)17/h4-5,7,11-12H,2-3,6H2,1H3. The third kappa shape index (κ3) is 1.63. The molecule has 0 radical (unpaired) electrons. The average molecular weight is 234 g/mol. The predicted octanol–water partition coefficient (Wildman–Crippen LogP) is -1.34. The van der Waals surface area contributed by atoms with Crippen molar-refractivity contribution in [2.45, 2.75) is 6.04 Å². The molecule has 0 amide bonds. The van der Waals surface area contributed by atoms with Crippen LogP contribution in [0.5, 0.6) is 0 Å². The van der Waals surface area contributed by atoms with Crippen molar-refractivity contribution in [3.8, 4) is 0 Å². The average Bonchev–Trinajstić information content (AvgIpc) is 2.79. The molecule has 1 fully saturated rings. The number of aryl methyl sites for hydroxylation is 1. The topological polar surface area (TPSA) is 76.2 Å². The summed E-state index contributed by atoms with van der Waals surface area (Å²) in [5.41, 5.74) is 0.243. The third-order valence-electron chi connectivity index (χ3n) is 3.03. The maximum atomic E-state index is 11.8. The molecule has 3 rings (SSSR count). The summed E-state index contributed by atoms with van der Waals surface area (Å²) in [5.74, 6) is 0.782. The molecule has 1 aliphatic rings. The second-order valence-electron chi connectivity index (χ2n) is 4.18. The molecule has 0 spiro atoms. The number of piperazine rings is 1. The number of nitrogens with one attached hydrogen (secondary N) is 2. The van der Waals surface area contributed by atoms with Crippen LogP contribution in [0.15, 0.2) is 17.2 Å². The quantitative estimate of drug-likeness (QED) is 0.639. The van der Waals surface area contributed by atoms with E-state index >= 15 is 0 Å². The minimum Gasteiger partial charge on any atom is -0.314 e. The number of nitrogens with zero attached hydrogens (tertiary/aromatic N) is 4. The molecule has 90 valence electrons. The molecule has 2 aromatic heterocycles. The molecule has 7 heteroatoms. The van der Waals surface area contributed by atoms with Crippen molar-refractivity contribution in [3.05, 3.63) is 28.6 Å². The fourth-order valence-corrected chi connectivity index (χ4v) is 2.06. The molecule has 0 bridgehead atoms. The summed E-state index contributed by atoms with van der Waals surface area (Å²) in [6, 6.07) is 0.103. The molecule has 1 aliphatic heterocycles. The maximum absolute atomic E-state index is 11.8. The van der Waals surface area contributed by atoms with Crippen LogP contribution in [0, 0.1) is 0 Å². The van der Waals surface area contributed by atoms with E-state index in [1.165, 1.54) is 4.57 Å². The van der Waals surface area contributed by atoms with Gasteiger partial charge in [0.1, 0.15) is 0 Å².